The number of nitrogens with two attached hydrogens (primary N) is 1. The number of aromatic nitrogens is 1. The average molecular weight is 375 g/mol. The fourth-order valence-electron chi connectivity index (χ4n) is 3.13. The van der Waals surface area contributed by atoms with Crippen molar-refractivity contribution in [2.24, 2.45) is 5.73 Å². The summed E-state index contributed by atoms with van der Waals surface area (Å²) in [5.41, 5.74) is 6.66. The molecule has 0 radical (unpaired) electrons. The van der Waals surface area contributed by atoms with Crippen LogP contribution in [0.25, 0.3) is 10.9 Å². The van der Waals surface area contributed by atoms with Gasteiger partial charge in [-0.2, -0.15) is 0 Å². The third-order valence-corrected chi connectivity index (χ3v) is 4.74. The van der Waals surface area contributed by atoms with E-state index in [9.17, 15) is 19.1 Å². The number of carbonyl (C=O) groups is 2. The Labute approximate surface area is 153 Å². The van der Waals surface area contributed by atoms with Crippen LogP contribution < -0.4 is 5.73 Å². The summed E-state index contributed by atoms with van der Waals surface area (Å²) in [6.45, 7) is 3.14. The minimum atomic E-state index is -0.892. The molecule has 7 heteroatoms. The van der Waals surface area contributed by atoms with Gasteiger partial charge in [0.2, 0.25) is 5.91 Å². The van der Waals surface area contributed by atoms with Crippen molar-refractivity contribution in [2.75, 3.05) is 0 Å². The highest BCUT2D eigenvalue weighted by molar-refractivity contribution is 6.30. The van der Waals surface area contributed by atoms with Gasteiger partial charge in [0.15, 0.2) is 11.6 Å². The van der Waals surface area contributed by atoms with Gasteiger partial charge >= 0.3 is 0 Å². The van der Waals surface area contributed by atoms with Crippen molar-refractivity contribution in [1.29, 1.82) is 0 Å². The quantitative estimate of drug-likeness (QED) is 0.732. The maximum atomic E-state index is 14.7. The van der Waals surface area contributed by atoms with Crippen LogP contribution >= 0.6 is 11.6 Å². The van der Waals surface area contributed by atoms with Crippen molar-refractivity contribution >= 4 is 34.3 Å². The summed E-state index contributed by atoms with van der Waals surface area (Å²) >= 11 is 5.86. The van der Waals surface area contributed by atoms with E-state index in [0.29, 0.717) is 16.3 Å². The first-order valence-electron chi connectivity index (χ1n) is 7.86. The van der Waals surface area contributed by atoms with Crippen LogP contribution in [0.2, 0.25) is 5.02 Å². The minimum Gasteiger partial charge on any atom is -0.505 e. The molecular weight excluding hydrogens is 359 g/mol. The summed E-state index contributed by atoms with van der Waals surface area (Å²) in [5.74, 6) is -3.36. The topological polar surface area (TPSA) is 85.3 Å². The Balaban J connectivity index is 2.34. The number of fused-ring (bicyclic) bond motifs is 1. The molecule has 3 rings (SSSR count). The number of halogens is 2. The number of hydrogen-bond acceptors (Lipinski definition) is 3. The second-order valence-electron chi connectivity index (χ2n) is 6.06. The molecule has 0 aliphatic rings. The summed E-state index contributed by atoms with van der Waals surface area (Å²) in [4.78, 5) is 24.7. The highest BCUT2D eigenvalue weighted by atomic mass is 35.5. The number of benzene rings is 2. The third kappa shape index (κ3) is 2.72. The molecule has 0 saturated carbocycles. The van der Waals surface area contributed by atoms with Gasteiger partial charge < -0.3 is 10.8 Å². The summed E-state index contributed by atoms with van der Waals surface area (Å²) in [5, 5.41) is 10.2. The number of nitrogens with zero attached hydrogens (tertiary/aromatic N) is 1. The van der Waals surface area contributed by atoms with Crippen LogP contribution in [0.4, 0.5) is 4.39 Å². The Hall–Kier alpha value is -2.86. The summed E-state index contributed by atoms with van der Waals surface area (Å²) < 4.78 is 16.0. The molecule has 1 amide bonds. The van der Waals surface area contributed by atoms with E-state index in [0.717, 1.165) is 0 Å². The average Bonchev–Trinajstić information content (AvgIpc) is 2.90. The Morgan fingerprint density at radius 1 is 1.19 bits per heavy atom. The van der Waals surface area contributed by atoms with Crippen LogP contribution in [-0.4, -0.2) is 21.5 Å². The number of amides is 1. The molecule has 1 atom stereocenters. The predicted octanol–water partition coefficient (Wildman–Crippen LogP) is 3.73. The molecule has 134 valence electrons. The molecule has 0 saturated heterocycles. The molecule has 1 heterocycles. The Kier molecular flexibility index (Phi) is 4.46. The SMILES string of the molecule is Cc1c(C(C)C(N)=O)c2c(F)c(O)ccc2n1C(=O)c1ccc(Cl)cc1. The molecule has 1 aromatic heterocycles. The highest BCUT2D eigenvalue weighted by Gasteiger charge is 2.28. The zero-order valence-corrected chi connectivity index (χ0v) is 14.8. The summed E-state index contributed by atoms with van der Waals surface area (Å²) in [7, 11) is 0. The Bertz CT molecular complexity index is 1040. The van der Waals surface area contributed by atoms with E-state index < -0.39 is 29.3 Å². The Morgan fingerprint density at radius 2 is 1.81 bits per heavy atom. The lowest BCUT2D eigenvalue weighted by molar-refractivity contribution is -0.119. The van der Waals surface area contributed by atoms with E-state index in [1.165, 1.54) is 23.6 Å². The van der Waals surface area contributed by atoms with E-state index in [1.807, 2.05) is 0 Å². The van der Waals surface area contributed by atoms with Crippen LogP contribution in [-0.2, 0) is 4.79 Å². The first-order chi connectivity index (χ1) is 12.2. The van der Waals surface area contributed by atoms with E-state index in [4.69, 9.17) is 17.3 Å². The van der Waals surface area contributed by atoms with Gasteiger partial charge in [-0.1, -0.05) is 11.6 Å². The highest BCUT2D eigenvalue weighted by Crippen LogP contribution is 2.37. The van der Waals surface area contributed by atoms with Crippen molar-refractivity contribution in [2.45, 2.75) is 19.8 Å². The smallest absolute Gasteiger partial charge is 0.262 e. The molecule has 1 unspecified atom stereocenters. The van der Waals surface area contributed by atoms with Crippen molar-refractivity contribution < 1.29 is 19.1 Å². The van der Waals surface area contributed by atoms with Crippen molar-refractivity contribution in [3.05, 3.63) is 64.1 Å². The standard InChI is InChI=1S/C19H16ClFN2O3/c1-9(18(22)25)15-10(2)23(13-7-8-14(24)17(21)16(13)15)19(26)11-3-5-12(20)6-4-11/h3-9,24H,1-2H3,(H2,22,25). The van der Waals surface area contributed by atoms with E-state index in [-0.39, 0.29) is 16.5 Å². The molecule has 0 spiro atoms. The van der Waals surface area contributed by atoms with Crippen LogP contribution in [0.3, 0.4) is 0 Å². The Morgan fingerprint density at radius 3 is 2.38 bits per heavy atom. The van der Waals surface area contributed by atoms with Gasteiger partial charge in [0.1, 0.15) is 0 Å². The molecule has 2 aromatic carbocycles. The number of carbonyl (C=O) groups excluding carboxylic acids is 2. The monoisotopic (exact) mass is 374 g/mol. The van der Waals surface area contributed by atoms with Crippen LogP contribution in [0.15, 0.2) is 36.4 Å². The fraction of sp³-hybridized carbons (Fsp3) is 0.158. The first kappa shape index (κ1) is 17.9. The summed E-state index contributed by atoms with van der Waals surface area (Å²) in [6.07, 6.45) is 0. The molecule has 5 nitrogen and oxygen atoms in total. The molecule has 0 aliphatic carbocycles. The number of primary amides is 1. The van der Waals surface area contributed by atoms with Gasteiger partial charge in [0.25, 0.3) is 5.91 Å². The molecule has 3 N–H and O–H groups in total. The largest absolute Gasteiger partial charge is 0.505 e. The van der Waals surface area contributed by atoms with E-state index in [1.54, 1.807) is 31.2 Å². The zero-order chi connectivity index (χ0) is 19.2. The van der Waals surface area contributed by atoms with Crippen LogP contribution in [0, 0.1) is 12.7 Å². The number of rotatable bonds is 3. The maximum Gasteiger partial charge on any atom is 0.262 e. The lowest BCUT2D eigenvalue weighted by Crippen LogP contribution is -2.20. The van der Waals surface area contributed by atoms with Gasteiger partial charge in [0.05, 0.1) is 11.4 Å². The molecule has 0 fully saturated rings. The normalized spacial score (nSPS) is 12.3. The number of aromatic hydroxyl groups is 1. The molecule has 0 aliphatic heterocycles. The van der Waals surface area contributed by atoms with Crippen molar-refractivity contribution in [1.82, 2.24) is 4.57 Å². The van der Waals surface area contributed by atoms with Crippen molar-refractivity contribution in [3.8, 4) is 5.75 Å². The molecular formula is C19H16ClFN2O3. The van der Waals surface area contributed by atoms with Gasteiger partial charge in [0, 0.05) is 21.7 Å². The molecule has 0 bridgehead atoms. The van der Waals surface area contributed by atoms with Crippen molar-refractivity contribution in [3.63, 3.8) is 0 Å². The van der Waals surface area contributed by atoms with E-state index in [2.05, 4.69) is 0 Å². The van der Waals surface area contributed by atoms with Gasteiger partial charge in [-0.15, -0.1) is 0 Å². The molecule has 3 aromatic rings. The third-order valence-electron chi connectivity index (χ3n) is 4.49. The minimum absolute atomic E-state index is 0.0103. The van der Waals surface area contributed by atoms with Gasteiger partial charge in [-0.05, 0) is 55.8 Å². The molecule has 26 heavy (non-hydrogen) atoms. The number of hydrogen-bond donors (Lipinski definition) is 2. The summed E-state index contributed by atoms with van der Waals surface area (Å²) in [6, 6.07) is 8.88. The maximum absolute atomic E-state index is 14.7. The lowest BCUT2D eigenvalue weighted by Gasteiger charge is -2.10. The van der Waals surface area contributed by atoms with Crippen LogP contribution in [0.5, 0.6) is 5.75 Å². The second-order valence-corrected chi connectivity index (χ2v) is 6.50. The fourth-order valence-corrected chi connectivity index (χ4v) is 3.26. The van der Waals surface area contributed by atoms with Gasteiger partial charge in [-0.3, -0.25) is 14.2 Å². The number of phenolic OH excluding ortho intramolecular Hbond substituents is 1. The van der Waals surface area contributed by atoms with Crippen LogP contribution in [0.1, 0.15) is 34.5 Å². The van der Waals surface area contributed by atoms with Gasteiger partial charge in [-0.25, -0.2) is 4.39 Å². The second kappa shape index (κ2) is 6.46. The lowest BCUT2D eigenvalue weighted by atomic mass is 9.97. The first-order valence-corrected chi connectivity index (χ1v) is 8.23. The van der Waals surface area contributed by atoms with E-state index >= 15 is 0 Å². The predicted molar refractivity (Wildman–Crippen MR) is 97.1 cm³/mol. The zero-order valence-electron chi connectivity index (χ0n) is 14.1. The number of phenols is 1.